The predicted molar refractivity (Wildman–Crippen MR) is 80.6 cm³/mol. The van der Waals surface area contributed by atoms with Crippen molar-refractivity contribution in [2.45, 2.75) is 39.8 Å². The zero-order valence-electron chi connectivity index (χ0n) is 12.5. The van der Waals surface area contributed by atoms with Crippen LogP contribution >= 0.6 is 0 Å². The molecule has 1 aliphatic rings. The Balaban J connectivity index is 2.12. The van der Waals surface area contributed by atoms with Crippen LogP contribution in [0, 0.1) is 5.92 Å². The van der Waals surface area contributed by atoms with Gasteiger partial charge in [-0.05, 0) is 31.4 Å². The highest BCUT2D eigenvalue weighted by Gasteiger charge is 2.25. The molecule has 6 nitrogen and oxygen atoms in total. The summed E-state index contributed by atoms with van der Waals surface area (Å²) >= 11 is 0. The summed E-state index contributed by atoms with van der Waals surface area (Å²) in [4.78, 5) is 12.3. The molecule has 0 saturated carbocycles. The Morgan fingerprint density at radius 2 is 2.24 bits per heavy atom. The van der Waals surface area contributed by atoms with Crippen molar-refractivity contribution in [1.29, 1.82) is 0 Å². The minimum Gasteiger partial charge on any atom is -0.343 e. The van der Waals surface area contributed by atoms with E-state index < -0.39 is 15.9 Å². The third-order valence-corrected chi connectivity index (χ3v) is 4.62. The largest absolute Gasteiger partial charge is 0.343 e. The number of aromatic nitrogens is 2. The Morgan fingerprint density at radius 1 is 1.52 bits per heavy atom. The van der Waals surface area contributed by atoms with Gasteiger partial charge in [0.2, 0.25) is 0 Å². The van der Waals surface area contributed by atoms with Gasteiger partial charge in [-0.3, -0.25) is 9.48 Å². The smallest absolute Gasteiger partial charge is 0.270 e. The molecule has 1 aliphatic heterocycles. The molecular weight excluding hydrogens is 290 g/mol. The highest BCUT2D eigenvalue weighted by Crippen LogP contribution is 2.12. The summed E-state index contributed by atoms with van der Waals surface area (Å²) in [5.41, 5.74) is 1.36. The fourth-order valence-electron chi connectivity index (χ4n) is 2.32. The van der Waals surface area contributed by atoms with Gasteiger partial charge in [0.15, 0.2) is 9.84 Å². The molecule has 2 heterocycles. The Labute approximate surface area is 125 Å². The molecule has 0 fully saturated rings. The average Bonchev–Trinajstić information content (AvgIpc) is 2.92. The van der Waals surface area contributed by atoms with Gasteiger partial charge in [-0.25, -0.2) is 8.42 Å². The maximum absolute atomic E-state index is 12.3. The second-order valence-corrected chi connectivity index (χ2v) is 7.60. The van der Waals surface area contributed by atoms with Crippen LogP contribution in [-0.2, 0) is 22.8 Å². The topological polar surface area (TPSA) is 81.1 Å². The summed E-state index contributed by atoms with van der Waals surface area (Å²) in [6.07, 6.45) is 2.32. The molecule has 1 aromatic heterocycles. The van der Waals surface area contributed by atoms with E-state index in [9.17, 15) is 13.2 Å². The van der Waals surface area contributed by atoms with Crippen molar-refractivity contribution < 1.29 is 13.2 Å². The van der Waals surface area contributed by atoms with Gasteiger partial charge < -0.3 is 5.32 Å². The molecule has 0 radical (unpaired) electrons. The first-order valence-corrected chi connectivity index (χ1v) is 8.81. The van der Waals surface area contributed by atoms with Crippen LogP contribution in [0.15, 0.2) is 17.6 Å². The Hall–Kier alpha value is -1.63. The summed E-state index contributed by atoms with van der Waals surface area (Å²) in [5, 5.41) is 8.29. The van der Waals surface area contributed by atoms with Crippen LogP contribution in [0.3, 0.4) is 0 Å². The number of nitrogens with one attached hydrogen (secondary N) is 1. The van der Waals surface area contributed by atoms with Crippen molar-refractivity contribution in [3.63, 3.8) is 0 Å². The Bertz CT molecular complexity index is 659. The first kappa shape index (κ1) is 15.8. The molecule has 1 amide bonds. The lowest BCUT2D eigenvalue weighted by atomic mass is 10.1. The van der Waals surface area contributed by atoms with E-state index in [1.54, 1.807) is 10.7 Å². The second-order valence-electron chi connectivity index (χ2n) is 5.67. The molecule has 0 bridgehead atoms. The van der Waals surface area contributed by atoms with Crippen molar-refractivity contribution in [3.8, 4) is 0 Å². The van der Waals surface area contributed by atoms with E-state index in [2.05, 4.69) is 24.3 Å². The fourth-order valence-corrected chi connectivity index (χ4v) is 3.56. The van der Waals surface area contributed by atoms with Crippen LogP contribution in [0.2, 0.25) is 0 Å². The number of sulfone groups is 1. The van der Waals surface area contributed by atoms with Crippen molar-refractivity contribution in [2.24, 2.45) is 5.92 Å². The number of rotatable bonds is 5. The molecule has 1 N–H and O–H groups in total. The SMILES string of the molecule is CCn1nc(CC(C)C)cc1C(=O)NC1C=CS(=O)(=O)C1. The Kier molecular flexibility index (Phi) is 4.51. The number of aryl methyl sites for hydroxylation is 1. The highest BCUT2D eigenvalue weighted by atomic mass is 32.2. The van der Waals surface area contributed by atoms with Crippen LogP contribution in [0.5, 0.6) is 0 Å². The molecule has 7 heteroatoms. The maximum atomic E-state index is 12.3. The monoisotopic (exact) mass is 311 g/mol. The molecule has 1 aromatic rings. The maximum Gasteiger partial charge on any atom is 0.270 e. The van der Waals surface area contributed by atoms with Crippen LogP contribution in [-0.4, -0.2) is 35.9 Å². The third-order valence-electron chi connectivity index (χ3n) is 3.23. The van der Waals surface area contributed by atoms with Crippen molar-refractivity contribution in [3.05, 3.63) is 28.9 Å². The van der Waals surface area contributed by atoms with Crippen molar-refractivity contribution >= 4 is 15.7 Å². The summed E-state index contributed by atoms with van der Waals surface area (Å²) < 4.78 is 24.4. The number of amides is 1. The van der Waals surface area contributed by atoms with Gasteiger partial charge >= 0.3 is 0 Å². The van der Waals surface area contributed by atoms with Gasteiger partial charge in [0, 0.05) is 12.0 Å². The third kappa shape index (κ3) is 3.93. The van der Waals surface area contributed by atoms with E-state index >= 15 is 0 Å². The zero-order chi connectivity index (χ0) is 15.6. The molecule has 0 aliphatic carbocycles. The van der Waals surface area contributed by atoms with E-state index in [4.69, 9.17) is 0 Å². The van der Waals surface area contributed by atoms with Crippen LogP contribution < -0.4 is 5.32 Å². The van der Waals surface area contributed by atoms with Crippen LogP contribution in [0.4, 0.5) is 0 Å². The molecule has 1 atom stereocenters. The second kappa shape index (κ2) is 6.01. The standard InChI is InChI=1S/C14H21N3O3S/c1-4-17-13(8-12(16-17)7-10(2)3)14(18)15-11-5-6-21(19,20)9-11/h5-6,8,10-11H,4,7,9H2,1-3H3,(H,15,18). The van der Waals surface area contributed by atoms with Crippen LogP contribution in [0.1, 0.15) is 37.0 Å². The summed E-state index contributed by atoms with van der Waals surface area (Å²) in [7, 11) is -3.17. The normalized spacial score (nSPS) is 20.1. The molecule has 0 aromatic carbocycles. The first-order chi connectivity index (χ1) is 9.80. The highest BCUT2D eigenvalue weighted by molar-refractivity contribution is 7.94. The van der Waals surface area contributed by atoms with Gasteiger partial charge in [0.05, 0.1) is 17.5 Å². The fraction of sp³-hybridized carbons (Fsp3) is 0.571. The molecule has 0 spiro atoms. The van der Waals surface area contributed by atoms with Gasteiger partial charge in [-0.1, -0.05) is 13.8 Å². The van der Waals surface area contributed by atoms with Crippen LogP contribution in [0.25, 0.3) is 0 Å². The first-order valence-electron chi connectivity index (χ1n) is 7.09. The summed E-state index contributed by atoms with van der Waals surface area (Å²) in [6.45, 7) is 6.71. The minimum absolute atomic E-state index is 0.0716. The number of carbonyl (C=O) groups excluding carboxylic acids is 1. The lowest BCUT2D eigenvalue weighted by molar-refractivity contribution is 0.0937. The van der Waals surface area contributed by atoms with E-state index in [0.29, 0.717) is 18.2 Å². The molecule has 21 heavy (non-hydrogen) atoms. The lowest BCUT2D eigenvalue weighted by Crippen LogP contribution is -2.36. The lowest BCUT2D eigenvalue weighted by Gasteiger charge is -2.10. The van der Waals surface area contributed by atoms with E-state index in [-0.39, 0.29) is 11.7 Å². The Morgan fingerprint density at radius 3 is 2.76 bits per heavy atom. The predicted octanol–water partition coefficient (Wildman–Crippen LogP) is 1.14. The summed E-state index contributed by atoms with van der Waals surface area (Å²) in [5.74, 6) is 0.104. The van der Waals surface area contributed by atoms with E-state index in [0.717, 1.165) is 17.5 Å². The molecule has 116 valence electrons. The number of nitrogens with zero attached hydrogens (tertiary/aromatic N) is 2. The van der Waals surface area contributed by atoms with Gasteiger partial charge in [-0.15, -0.1) is 0 Å². The summed E-state index contributed by atoms with van der Waals surface area (Å²) in [6, 6.07) is 1.32. The van der Waals surface area contributed by atoms with Gasteiger partial charge in [-0.2, -0.15) is 5.10 Å². The van der Waals surface area contributed by atoms with E-state index in [1.807, 2.05) is 6.92 Å². The number of hydrogen-bond donors (Lipinski definition) is 1. The molecule has 1 unspecified atom stereocenters. The van der Waals surface area contributed by atoms with Gasteiger partial charge in [0.1, 0.15) is 5.69 Å². The van der Waals surface area contributed by atoms with E-state index in [1.165, 1.54) is 6.08 Å². The molecule has 2 rings (SSSR count). The zero-order valence-corrected chi connectivity index (χ0v) is 13.4. The van der Waals surface area contributed by atoms with Gasteiger partial charge in [0.25, 0.3) is 5.91 Å². The quantitative estimate of drug-likeness (QED) is 0.884. The number of carbonyl (C=O) groups is 1. The number of hydrogen-bond acceptors (Lipinski definition) is 4. The average molecular weight is 311 g/mol. The van der Waals surface area contributed by atoms with Crippen molar-refractivity contribution in [2.75, 3.05) is 5.75 Å². The molecular formula is C14H21N3O3S. The molecule has 0 saturated heterocycles. The minimum atomic E-state index is -3.17. The van der Waals surface area contributed by atoms with Crippen molar-refractivity contribution in [1.82, 2.24) is 15.1 Å².